The molecular weight excluding hydrogens is 522 g/mol. The summed E-state index contributed by atoms with van der Waals surface area (Å²) in [6.07, 6.45) is 5.49. The van der Waals surface area contributed by atoms with Gasteiger partial charge in [-0.2, -0.15) is 12.6 Å². The van der Waals surface area contributed by atoms with E-state index in [0.717, 1.165) is 16.5 Å². The minimum atomic E-state index is -1.25. The maximum Gasteiger partial charge on any atom is 0.326 e. The third-order valence-electron chi connectivity index (χ3n) is 6.65. The number of thiol groups is 1. The average molecular weight is 558 g/mol. The number of carbonyl (C=O) groups excluding carboxylic acids is 3. The first-order valence-electron chi connectivity index (χ1n) is 12.7. The molecule has 0 spiro atoms. The van der Waals surface area contributed by atoms with Crippen LogP contribution in [-0.2, 0) is 32.0 Å². The zero-order valence-electron chi connectivity index (χ0n) is 21.8. The topological polar surface area (TPSA) is 195 Å². The molecule has 1 aromatic carbocycles. The normalized spacial score (nSPS) is 15.1. The first kappa shape index (κ1) is 29.7. The number of carboxylic acids is 1. The summed E-state index contributed by atoms with van der Waals surface area (Å²) in [7, 11) is 0. The van der Waals surface area contributed by atoms with Crippen molar-refractivity contribution in [1.29, 1.82) is 0 Å². The number of amides is 3. The number of fused-ring (bicyclic) bond motifs is 1. The fraction of sp³-hybridized carbons (Fsp3) is 0.423. The number of nitrogens with two attached hydrogens (primary N) is 1. The Hall–Kier alpha value is -3.84. The van der Waals surface area contributed by atoms with E-state index in [1.807, 2.05) is 37.4 Å². The molecule has 5 unspecified atom stereocenters. The predicted molar refractivity (Wildman–Crippen MR) is 149 cm³/mol. The molecule has 13 heteroatoms. The molecule has 0 aliphatic carbocycles. The Morgan fingerprint density at radius 1 is 1.03 bits per heavy atom. The Labute approximate surface area is 231 Å². The minimum Gasteiger partial charge on any atom is -0.480 e. The number of para-hydroxylation sites is 1. The summed E-state index contributed by atoms with van der Waals surface area (Å²) in [6, 6.07) is 3.42. The Morgan fingerprint density at radius 3 is 2.38 bits per heavy atom. The van der Waals surface area contributed by atoms with Gasteiger partial charge in [-0.05, 0) is 24.0 Å². The van der Waals surface area contributed by atoms with Gasteiger partial charge in [-0.3, -0.25) is 14.4 Å². The van der Waals surface area contributed by atoms with Crippen LogP contribution in [0, 0.1) is 5.92 Å². The largest absolute Gasteiger partial charge is 0.480 e. The second-order valence-corrected chi connectivity index (χ2v) is 9.83. The van der Waals surface area contributed by atoms with Crippen LogP contribution in [0.25, 0.3) is 10.9 Å². The van der Waals surface area contributed by atoms with Crippen molar-refractivity contribution in [2.24, 2.45) is 11.7 Å². The van der Waals surface area contributed by atoms with E-state index >= 15 is 0 Å². The summed E-state index contributed by atoms with van der Waals surface area (Å²) in [5, 5.41) is 18.3. The second-order valence-electron chi connectivity index (χ2n) is 9.47. The molecule has 2 aromatic heterocycles. The van der Waals surface area contributed by atoms with Crippen LogP contribution in [-0.4, -0.2) is 73.7 Å². The van der Waals surface area contributed by atoms with Crippen molar-refractivity contribution in [1.82, 2.24) is 30.9 Å². The molecule has 8 N–H and O–H groups in total. The maximum absolute atomic E-state index is 13.2. The number of aromatic amines is 2. The molecular formula is C26H35N7O5S. The van der Waals surface area contributed by atoms with Gasteiger partial charge in [0.25, 0.3) is 0 Å². The smallest absolute Gasteiger partial charge is 0.326 e. The number of rotatable bonds is 14. The third-order valence-corrected chi connectivity index (χ3v) is 7.02. The van der Waals surface area contributed by atoms with Gasteiger partial charge in [0, 0.05) is 41.2 Å². The number of carbonyl (C=O) groups is 4. The van der Waals surface area contributed by atoms with Gasteiger partial charge in [-0.1, -0.05) is 38.5 Å². The number of benzene rings is 1. The zero-order valence-corrected chi connectivity index (χ0v) is 22.7. The number of aromatic nitrogens is 3. The lowest BCUT2D eigenvalue weighted by Crippen LogP contribution is -2.59. The van der Waals surface area contributed by atoms with Crippen molar-refractivity contribution in [2.75, 3.05) is 5.75 Å². The Morgan fingerprint density at radius 2 is 1.74 bits per heavy atom. The molecule has 39 heavy (non-hydrogen) atoms. The monoisotopic (exact) mass is 557 g/mol. The predicted octanol–water partition coefficient (Wildman–Crippen LogP) is 0.518. The lowest BCUT2D eigenvalue weighted by atomic mass is 9.97. The molecule has 3 amide bonds. The second kappa shape index (κ2) is 13.8. The van der Waals surface area contributed by atoms with E-state index in [2.05, 4.69) is 43.5 Å². The molecule has 2 heterocycles. The number of aliphatic carboxylic acids is 1. The molecule has 0 saturated carbocycles. The van der Waals surface area contributed by atoms with Crippen molar-refractivity contribution >= 4 is 47.2 Å². The fourth-order valence-corrected chi connectivity index (χ4v) is 4.39. The van der Waals surface area contributed by atoms with Gasteiger partial charge >= 0.3 is 5.97 Å². The van der Waals surface area contributed by atoms with Crippen LogP contribution in [0.5, 0.6) is 0 Å². The van der Waals surface area contributed by atoms with E-state index in [9.17, 15) is 24.3 Å². The van der Waals surface area contributed by atoms with Gasteiger partial charge in [0.1, 0.15) is 18.1 Å². The molecule has 5 atom stereocenters. The van der Waals surface area contributed by atoms with Gasteiger partial charge in [0.2, 0.25) is 17.7 Å². The van der Waals surface area contributed by atoms with Crippen LogP contribution < -0.4 is 21.7 Å². The molecule has 0 aliphatic rings. The molecule has 0 saturated heterocycles. The van der Waals surface area contributed by atoms with E-state index < -0.39 is 47.9 Å². The van der Waals surface area contributed by atoms with E-state index in [1.54, 1.807) is 6.92 Å². The summed E-state index contributed by atoms with van der Waals surface area (Å²) in [5.74, 6) is -3.41. The van der Waals surface area contributed by atoms with Crippen LogP contribution >= 0.6 is 12.6 Å². The number of nitrogens with zero attached hydrogens (tertiary/aromatic N) is 1. The van der Waals surface area contributed by atoms with Gasteiger partial charge in [0.15, 0.2) is 0 Å². The van der Waals surface area contributed by atoms with Gasteiger partial charge in [-0.25, -0.2) is 9.78 Å². The van der Waals surface area contributed by atoms with E-state index in [1.165, 1.54) is 12.5 Å². The quantitative estimate of drug-likeness (QED) is 0.132. The Kier molecular flexibility index (Phi) is 10.5. The highest BCUT2D eigenvalue weighted by molar-refractivity contribution is 7.80. The minimum absolute atomic E-state index is 0.0197. The SMILES string of the molecule is CCC(C)C(NC(=O)C(N)Cc1c[nH]c2ccccc12)C(=O)NC(CS)C(=O)NC(Cc1cnc[nH]1)C(=O)O. The molecule has 210 valence electrons. The lowest BCUT2D eigenvalue weighted by Gasteiger charge is -2.27. The van der Waals surface area contributed by atoms with Crippen LogP contribution in [0.4, 0.5) is 0 Å². The molecule has 12 nitrogen and oxygen atoms in total. The number of carboxylic acid groups (broad SMARTS) is 1. The van der Waals surface area contributed by atoms with Gasteiger partial charge in [0.05, 0.1) is 12.4 Å². The van der Waals surface area contributed by atoms with Crippen LogP contribution in [0.2, 0.25) is 0 Å². The summed E-state index contributed by atoms with van der Waals surface area (Å²) < 4.78 is 0. The highest BCUT2D eigenvalue weighted by atomic mass is 32.1. The van der Waals surface area contributed by atoms with E-state index in [0.29, 0.717) is 12.1 Å². The zero-order chi connectivity index (χ0) is 28.5. The highest BCUT2D eigenvalue weighted by Gasteiger charge is 2.32. The Bertz CT molecular complexity index is 1280. The molecule has 3 rings (SSSR count). The lowest BCUT2D eigenvalue weighted by molar-refractivity contribution is -0.142. The van der Waals surface area contributed by atoms with Crippen LogP contribution in [0.3, 0.4) is 0 Å². The summed E-state index contributed by atoms with van der Waals surface area (Å²) >= 11 is 4.17. The average Bonchev–Trinajstić information content (AvgIpc) is 3.59. The maximum atomic E-state index is 13.2. The summed E-state index contributed by atoms with van der Waals surface area (Å²) in [4.78, 5) is 60.6. The van der Waals surface area contributed by atoms with Gasteiger partial charge < -0.3 is 36.8 Å². The van der Waals surface area contributed by atoms with Crippen molar-refractivity contribution in [3.8, 4) is 0 Å². The number of hydrogen-bond donors (Lipinski definition) is 8. The molecule has 3 aromatic rings. The molecule has 0 fully saturated rings. The number of imidazole rings is 1. The van der Waals surface area contributed by atoms with E-state index in [4.69, 9.17) is 5.73 Å². The number of nitrogens with one attached hydrogen (secondary N) is 5. The van der Waals surface area contributed by atoms with Crippen molar-refractivity contribution in [2.45, 2.75) is 57.3 Å². The summed E-state index contributed by atoms with van der Waals surface area (Å²) in [5.41, 5.74) is 8.55. The van der Waals surface area contributed by atoms with Crippen LogP contribution in [0.1, 0.15) is 31.5 Å². The standard InChI is InChI=1S/C26H35N7O5S/c1-3-14(2)22(33-23(34)18(27)8-15-10-29-19-7-5-4-6-17(15)19)25(36)32-21(12-39)24(35)31-20(26(37)38)9-16-11-28-13-30-16/h4-7,10-11,13-14,18,20-22,29,39H,3,8-9,12,27H2,1-2H3,(H,28,30)(H,31,35)(H,32,36)(H,33,34)(H,37,38). The van der Waals surface area contributed by atoms with Gasteiger partial charge in [-0.15, -0.1) is 0 Å². The highest BCUT2D eigenvalue weighted by Crippen LogP contribution is 2.19. The molecule has 0 radical (unpaired) electrons. The van der Waals surface area contributed by atoms with Crippen molar-refractivity contribution in [3.05, 3.63) is 54.2 Å². The number of hydrogen-bond acceptors (Lipinski definition) is 7. The van der Waals surface area contributed by atoms with Crippen LogP contribution in [0.15, 0.2) is 43.0 Å². The first-order chi connectivity index (χ1) is 18.6. The fourth-order valence-electron chi connectivity index (χ4n) is 4.14. The summed E-state index contributed by atoms with van der Waals surface area (Å²) in [6.45, 7) is 3.68. The van der Waals surface area contributed by atoms with Crippen molar-refractivity contribution in [3.63, 3.8) is 0 Å². The Balaban J connectivity index is 1.64. The molecule has 0 bridgehead atoms. The van der Waals surface area contributed by atoms with Crippen molar-refractivity contribution < 1.29 is 24.3 Å². The third kappa shape index (κ3) is 7.83. The molecule has 0 aliphatic heterocycles. The van der Waals surface area contributed by atoms with E-state index in [-0.39, 0.29) is 24.5 Å². The number of H-pyrrole nitrogens is 2. The first-order valence-corrected chi connectivity index (χ1v) is 13.3.